The Kier molecular flexibility index (Phi) is 4.51. The van der Waals surface area contributed by atoms with Gasteiger partial charge in [-0.15, -0.1) is 0 Å². The van der Waals surface area contributed by atoms with E-state index in [0.717, 1.165) is 45.2 Å². The van der Waals surface area contributed by atoms with E-state index < -0.39 is 0 Å². The maximum absolute atomic E-state index is 5.98. The highest BCUT2D eigenvalue weighted by atomic mass is 79.9. The number of halogens is 1. The predicted molar refractivity (Wildman–Crippen MR) is 99.7 cm³/mol. The fourth-order valence-electron chi connectivity index (χ4n) is 2.90. The second-order valence-electron chi connectivity index (χ2n) is 6.02. The lowest BCUT2D eigenvalue weighted by atomic mass is 10.1. The molecule has 4 rings (SSSR count). The van der Waals surface area contributed by atoms with Crippen molar-refractivity contribution >= 4 is 15.9 Å². The number of furan rings is 1. The Morgan fingerprint density at radius 2 is 1.84 bits per heavy atom. The number of nitrogens with one attached hydrogen (secondary N) is 1. The fourth-order valence-corrected chi connectivity index (χ4v) is 3.38. The van der Waals surface area contributed by atoms with Crippen LogP contribution in [0.2, 0.25) is 0 Å². The number of hydrogen-bond donors (Lipinski definition) is 1. The van der Waals surface area contributed by atoms with Gasteiger partial charge in [0.15, 0.2) is 11.5 Å². The van der Waals surface area contributed by atoms with E-state index in [1.54, 1.807) is 0 Å². The normalized spacial score (nSPS) is 12.6. The molecule has 0 fully saturated rings. The smallest absolute Gasteiger partial charge is 0.231 e. The molecule has 1 aliphatic heterocycles. The molecule has 0 spiro atoms. The van der Waals surface area contributed by atoms with Gasteiger partial charge in [0.1, 0.15) is 11.5 Å². The first-order valence-corrected chi connectivity index (χ1v) is 8.93. The van der Waals surface area contributed by atoms with Crippen LogP contribution in [0.3, 0.4) is 0 Å². The average molecular weight is 400 g/mol. The molecule has 2 aromatic carbocycles. The van der Waals surface area contributed by atoms with Crippen LogP contribution >= 0.6 is 15.9 Å². The number of hydrogen-bond acceptors (Lipinski definition) is 4. The number of rotatable bonds is 5. The Morgan fingerprint density at radius 1 is 0.960 bits per heavy atom. The van der Waals surface area contributed by atoms with E-state index in [1.165, 1.54) is 5.56 Å². The highest BCUT2D eigenvalue weighted by molar-refractivity contribution is 9.10. The molecule has 5 heteroatoms. The van der Waals surface area contributed by atoms with E-state index in [2.05, 4.69) is 40.3 Å². The van der Waals surface area contributed by atoms with Crippen molar-refractivity contribution in [2.75, 3.05) is 6.79 Å². The molecule has 128 valence electrons. The maximum Gasteiger partial charge on any atom is 0.231 e. The molecule has 2 heterocycles. The van der Waals surface area contributed by atoms with Crippen LogP contribution in [-0.4, -0.2) is 6.79 Å². The molecule has 0 aliphatic carbocycles. The first-order valence-electron chi connectivity index (χ1n) is 8.13. The quantitative estimate of drug-likeness (QED) is 0.652. The lowest BCUT2D eigenvalue weighted by Crippen LogP contribution is -2.11. The Balaban J connectivity index is 1.38. The Labute approximate surface area is 154 Å². The van der Waals surface area contributed by atoms with E-state index in [4.69, 9.17) is 13.9 Å². The van der Waals surface area contributed by atoms with Crippen LogP contribution in [0.5, 0.6) is 11.5 Å². The summed E-state index contributed by atoms with van der Waals surface area (Å²) < 4.78 is 17.8. The minimum Gasteiger partial charge on any atom is -0.460 e. The van der Waals surface area contributed by atoms with E-state index >= 15 is 0 Å². The van der Waals surface area contributed by atoms with Crippen molar-refractivity contribution < 1.29 is 13.9 Å². The van der Waals surface area contributed by atoms with E-state index in [9.17, 15) is 0 Å². The Morgan fingerprint density at radius 3 is 2.72 bits per heavy atom. The second-order valence-corrected chi connectivity index (χ2v) is 6.93. The molecule has 0 bridgehead atoms. The summed E-state index contributed by atoms with van der Waals surface area (Å²) in [6.45, 7) is 3.80. The van der Waals surface area contributed by atoms with Crippen molar-refractivity contribution in [1.82, 2.24) is 5.32 Å². The van der Waals surface area contributed by atoms with E-state index in [-0.39, 0.29) is 0 Å². The molecule has 4 nitrogen and oxygen atoms in total. The van der Waals surface area contributed by atoms with Crippen molar-refractivity contribution in [3.05, 3.63) is 69.9 Å². The van der Waals surface area contributed by atoms with Gasteiger partial charge in [0.2, 0.25) is 6.79 Å². The number of fused-ring (bicyclic) bond motifs is 1. The maximum atomic E-state index is 5.98. The molecule has 1 aromatic heterocycles. The minimum atomic E-state index is 0.302. The van der Waals surface area contributed by atoms with E-state index in [1.807, 2.05) is 36.4 Å². The summed E-state index contributed by atoms with van der Waals surface area (Å²) in [5.41, 5.74) is 3.45. The summed E-state index contributed by atoms with van der Waals surface area (Å²) in [4.78, 5) is 0. The molecule has 0 radical (unpaired) electrons. The zero-order chi connectivity index (χ0) is 17.2. The van der Waals surface area contributed by atoms with Crippen LogP contribution in [0.25, 0.3) is 11.3 Å². The van der Waals surface area contributed by atoms with Gasteiger partial charge in [-0.2, -0.15) is 0 Å². The summed E-state index contributed by atoms with van der Waals surface area (Å²) >= 11 is 3.49. The van der Waals surface area contributed by atoms with Gasteiger partial charge in [-0.3, -0.25) is 0 Å². The highest BCUT2D eigenvalue weighted by Crippen LogP contribution is 2.32. The fraction of sp³-hybridized carbons (Fsp3) is 0.200. The van der Waals surface area contributed by atoms with Crippen LogP contribution in [-0.2, 0) is 13.1 Å². The molecular weight excluding hydrogens is 382 g/mol. The third kappa shape index (κ3) is 3.57. The molecule has 0 unspecified atom stereocenters. The summed E-state index contributed by atoms with van der Waals surface area (Å²) in [5, 5.41) is 3.40. The standard InChI is InChI=1S/C20H18BrNO3/c1-13-8-15(21)3-5-17(13)18-7-4-16(25-18)11-22-10-14-2-6-19-20(9-14)24-12-23-19/h2-9,22H,10-12H2,1H3. The zero-order valence-corrected chi connectivity index (χ0v) is 15.4. The molecule has 0 amide bonds. The lowest BCUT2D eigenvalue weighted by Gasteiger charge is -2.05. The van der Waals surface area contributed by atoms with Crippen molar-refractivity contribution in [2.45, 2.75) is 20.0 Å². The van der Waals surface area contributed by atoms with Crippen molar-refractivity contribution in [3.63, 3.8) is 0 Å². The zero-order valence-electron chi connectivity index (χ0n) is 13.8. The average Bonchev–Trinajstić information content (AvgIpc) is 3.23. The van der Waals surface area contributed by atoms with Crippen molar-refractivity contribution in [2.24, 2.45) is 0 Å². The van der Waals surface area contributed by atoms with Gasteiger partial charge in [0.25, 0.3) is 0 Å². The summed E-state index contributed by atoms with van der Waals surface area (Å²) in [7, 11) is 0. The third-order valence-corrected chi connectivity index (χ3v) is 4.67. The Hall–Kier alpha value is -2.24. The molecule has 3 aromatic rings. The van der Waals surface area contributed by atoms with Gasteiger partial charge in [0, 0.05) is 16.6 Å². The molecular formula is C20H18BrNO3. The summed E-state index contributed by atoms with van der Waals surface area (Å²) in [5.74, 6) is 3.43. The second kappa shape index (κ2) is 6.94. The third-order valence-electron chi connectivity index (χ3n) is 4.18. The molecule has 1 aliphatic rings. The van der Waals surface area contributed by atoms with Crippen molar-refractivity contribution in [1.29, 1.82) is 0 Å². The van der Waals surface area contributed by atoms with Crippen LogP contribution < -0.4 is 14.8 Å². The minimum absolute atomic E-state index is 0.302. The summed E-state index contributed by atoms with van der Waals surface area (Å²) in [6, 6.07) is 16.2. The Bertz CT molecular complexity index is 904. The van der Waals surface area contributed by atoms with Crippen LogP contribution in [0, 0.1) is 6.92 Å². The molecule has 1 N–H and O–H groups in total. The van der Waals surface area contributed by atoms with Crippen LogP contribution in [0.15, 0.2) is 57.4 Å². The van der Waals surface area contributed by atoms with Gasteiger partial charge < -0.3 is 19.2 Å². The number of aryl methyl sites for hydroxylation is 1. The number of ether oxygens (including phenoxy) is 2. The molecule has 0 atom stereocenters. The van der Waals surface area contributed by atoms with Gasteiger partial charge in [-0.25, -0.2) is 0 Å². The lowest BCUT2D eigenvalue weighted by molar-refractivity contribution is 0.174. The molecule has 25 heavy (non-hydrogen) atoms. The highest BCUT2D eigenvalue weighted by Gasteiger charge is 2.13. The van der Waals surface area contributed by atoms with Crippen LogP contribution in [0.1, 0.15) is 16.9 Å². The van der Waals surface area contributed by atoms with Gasteiger partial charge >= 0.3 is 0 Å². The SMILES string of the molecule is Cc1cc(Br)ccc1-c1ccc(CNCc2ccc3c(c2)OCO3)o1. The molecule has 0 saturated heterocycles. The van der Waals surface area contributed by atoms with Gasteiger partial charge in [-0.05, 0) is 60.5 Å². The van der Waals surface area contributed by atoms with Crippen LogP contribution in [0.4, 0.5) is 0 Å². The predicted octanol–water partition coefficient (Wildman–Crippen LogP) is 5.04. The van der Waals surface area contributed by atoms with Crippen molar-refractivity contribution in [3.8, 4) is 22.8 Å². The number of benzene rings is 2. The largest absolute Gasteiger partial charge is 0.460 e. The first kappa shape index (κ1) is 16.2. The van der Waals surface area contributed by atoms with Gasteiger partial charge in [0.05, 0.1) is 6.54 Å². The monoisotopic (exact) mass is 399 g/mol. The molecule has 0 saturated carbocycles. The van der Waals surface area contributed by atoms with E-state index in [0.29, 0.717) is 13.3 Å². The van der Waals surface area contributed by atoms with Gasteiger partial charge in [-0.1, -0.05) is 22.0 Å². The first-order chi connectivity index (χ1) is 12.2. The topological polar surface area (TPSA) is 43.6 Å². The summed E-state index contributed by atoms with van der Waals surface area (Å²) in [6.07, 6.45) is 0.